The number of amides is 1. The Kier molecular flexibility index (Phi) is 4.16. The van der Waals surface area contributed by atoms with Crippen LogP contribution in [0.5, 0.6) is 0 Å². The van der Waals surface area contributed by atoms with Crippen LogP contribution in [-0.4, -0.2) is 42.3 Å². The molecule has 1 aliphatic rings. The highest BCUT2D eigenvalue weighted by Gasteiger charge is 2.25. The molecule has 7 heteroatoms. The molecule has 0 aliphatic carbocycles. The largest absolute Gasteiger partial charge is 0.453 e. The second-order valence-corrected chi connectivity index (χ2v) is 4.77. The number of hydrogen-bond donors (Lipinski definition) is 2. The monoisotopic (exact) mass is 280 g/mol. The topological polar surface area (TPSA) is 80.5 Å². The van der Waals surface area contributed by atoms with Gasteiger partial charge in [0.25, 0.3) is 0 Å². The van der Waals surface area contributed by atoms with Crippen molar-refractivity contribution in [3.63, 3.8) is 0 Å². The maximum Gasteiger partial charge on any atom is 0.407 e. The third-order valence-electron chi connectivity index (χ3n) is 3.05. The lowest BCUT2D eigenvalue weighted by Crippen LogP contribution is -2.37. The predicted octanol–water partition coefficient (Wildman–Crippen LogP) is 0.650. The van der Waals surface area contributed by atoms with Crippen LogP contribution in [0.25, 0.3) is 0 Å². The van der Waals surface area contributed by atoms with Crippen molar-refractivity contribution in [2.45, 2.75) is 12.5 Å². The van der Waals surface area contributed by atoms with Gasteiger partial charge in [-0.2, -0.15) is 0 Å². The fourth-order valence-electron chi connectivity index (χ4n) is 2.06. The molecule has 0 radical (unpaired) electrons. The van der Waals surface area contributed by atoms with Crippen molar-refractivity contribution in [2.24, 2.45) is 5.73 Å². The van der Waals surface area contributed by atoms with Gasteiger partial charge in [0, 0.05) is 24.8 Å². The summed E-state index contributed by atoms with van der Waals surface area (Å²) >= 11 is 4.95. The van der Waals surface area contributed by atoms with Gasteiger partial charge in [0.15, 0.2) is 0 Å². The molecule has 6 nitrogen and oxygen atoms in total. The van der Waals surface area contributed by atoms with Crippen LogP contribution in [0.4, 0.5) is 10.6 Å². The van der Waals surface area contributed by atoms with Crippen LogP contribution >= 0.6 is 12.2 Å². The van der Waals surface area contributed by atoms with Crippen LogP contribution in [0.15, 0.2) is 18.3 Å². The van der Waals surface area contributed by atoms with Gasteiger partial charge in [0.05, 0.1) is 13.2 Å². The molecule has 2 heterocycles. The minimum absolute atomic E-state index is 0.0720. The number of rotatable bonds is 3. The molecule has 2 rings (SSSR count). The maximum absolute atomic E-state index is 11.2. The first-order valence-electron chi connectivity index (χ1n) is 5.95. The molecule has 1 saturated heterocycles. The Bertz CT molecular complexity index is 494. The number of methoxy groups -OCH3 is 1. The molecule has 1 atom stereocenters. The Morgan fingerprint density at radius 2 is 2.47 bits per heavy atom. The Morgan fingerprint density at radius 3 is 3.16 bits per heavy atom. The third-order valence-corrected chi connectivity index (χ3v) is 3.29. The minimum Gasteiger partial charge on any atom is -0.453 e. The molecular formula is C12H16N4O2S. The van der Waals surface area contributed by atoms with E-state index in [1.165, 1.54) is 7.11 Å². The molecule has 0 saturated carbocycles. The number of anilines is 1. The molecule has 1 unspecified atom stereocenters. The van der Waals surface area contributed by atoms with Gasteiger partial charge in [-0.25, -0.2) is 9.78 Å². The third kappa shape index (κ3) is 3.31. The van der Waals surface area contributed by atoms with Crippen LogP contribution in [0.2, 0.25) is 0 Å². The van der Waals surface area contributed by atoms with Crippen molar-refractivity contribution in [1.82, 2.24) is 10.3 Å². The number of nitrogens with two attached hydrogens (primary N) is 1. The van der Waals surface area contributed by atoms with Crippen molar-refractivity contribution in [2.75, 3.05) is 25.1 Å². The summed E-state index contributed by atoms with van der Waals surface area (Å²) in [5.41, 5.74) is 6.40. The number of pyridine rings is 1. The molecule has 0 aromatic carbocycles. The van der Waals surface area contributed by atoms with E-state index in [-0.39, 0.29) is 6.04 Å². The molecule has 0 spiro atoms. The Morgan fingerprint density at radius 1 is 1.68 bits per heavy atom. The smallest absolute Gasteiger partial charge is 0.407 e. The van der Waals surface area contributed by atoms with Crippen LogP contribution in [0.1, 0.15) is 12.0 Å². The number of ether oxygens (including phenoxy) is 1. The zero-order chi connectivity index (χ0) is 13.8. The molecule has 19 heavy (non-hydrogen) atoms. The maximum atomic E-state index is 11.2. The number of hydrogen-bond acceptors (Lipinski definition) is 5. The summed E-state index contributed by atoms with van der Waals surface area (Å²) in [6.07, 6.45) is 2.13. The molecule has 0 bridgehead atoms. The Hall–Kier alpha value is -1.89. The van der Waals surface area contributed by atoms with Gasteiger partial charge in [0.2, 0.25) is 0 Å². The summed E-state index contributed by atoms with van der Waals surface area (Å²) in [4.78, 5) is 17.9. The van der Waals surface area contributed by atoms with E-state index in [2.05, 4.69) is 19.9 Å². The van der Waals surface area contributed by atoms with Gasteiger partial charge in [-0.3, -0.25) is 0 Å². The first-order chi connectivity index (χ1) is 9.10. The van der Waals surface area contributed by atoms with Crippen LogP contribution in [-0.2, 0) is 4.74 Å². The fourth-order valence-corrected chi connectivity index (χ4v) is 2.18. The highest BCUT2D eigenvalue weighted by atomic mass is 32.1. The number of alkyl carbamates (subject to hydrolysis) is 1. The van der Waals surface area contributed by atoms with Crippen molar-refractivity contribution in [1.29, 1.82) is 0 Å². The normalized spacial score (nSPS) is 18.2. The molecular weight excluding hydrogens is 264 g/mol. The first-order valence-corrected chi connectivity index (χ1v) is 6.36. The molecule has 1 amide bonds. The Labute approximate surface area is 116 Å². The van der Waals surface area contributed by atoms with E-state index >= 15 is 0 Å². The highest BCUT2D eigenvalue weighted by Crippen LogP contribution is 2.19. The molecule has 3 N–H and O–H groups in total. The highest BCUT2D eigenvalue weighted by molar-refractivity contribution is 7.80. The number of nitrogens with one attached hydrogen (secondary N) is 1. The fraction of sp³-hybridized carbons (Fsp3) is 0.417. The SMILES string of the molecule is COC(=O)NC1CCN(c2cc(C(N)=S)ccn2)C1. The Balaban J connectivity index is 2.02. The number of nitrogens with zero attached hydrogens (tertiary/aromatic N) is 2. The van der Waals surface area contributed by atoms with Crippen molar-refractivity contribution < 1.29 is 9.53 Å². The molecule has 102 valence electrons. The quantitative estimate of drug-likeness (QED) is 0.791. The average Bonchev–Trinajstić information content (AvgIpc) is 2.87. The van der Waals surface area contributed by atoms with E-state index in [1.54, 1.807) is 12.3 Å². The van der Waals surface area contributed by atoms with Crippen LogP contribution in [0, 0.1) is 0 Å². The van der Waals surface area contributed by atoms with Crippen molar-refractivity contribution in [3.05, 3.63) is 23.9 Å². The van der Waals surface area contributed by atoms with E-state index in [0.717, 1.165) is 24.3 Å². The number of aromatic nitrogens is 1. The van der Waals surface area contributed by atoms with Crippen molar-refractivity contribution in [3.8, 4) is 0 Å². The lowest BCUT2D eigenvalue weighted by molar-refractivity contribution is 0.167. The van der Waals surface area contributed by atoms with Crippen LogP contribution < -0.4 is 16.0 Å². The van der Waals surface area contributed by atoms with E-state index in [9.17, 15) is 4.79 Å². The van der Waals surface area contributed by atoms with Gasteiger partial charge >= 0.3 is 6.09 Å². The number of carbonyl (C=O) groups excluding carboxylic acids is 1. The lowest BCUT2D eigenvalue weighted by atomic mass is 10.2. The first kappa shape index (κ1) is 13.5. The van der Waals surface area contributed by atoms with Crippen molar-refractivity contribution >= 4 is 29.1 Å². The minimum atomic E-state index is -0.406. The lowest BCUT2D eigenvalue weighted by Gasteiger charge is -2.18. The van der Waals surface area contributed by atoms with E-state index in [0.29, 0.717) is 11.5 Å². The second kappa shape index (κ2) is 5.83. The van der Waals surface area contributed by atoms with E-state index in [1.807, 2.05) is 6.07 Å². The molecule has 1 fully saturated rings. The second-order valence-electron chi connectivity index (χ2n) is 4.33. The van der Waals surface area contributed by atoms with E-state index < -0.39 is 6.09 Å². The summed E-state index contributed by atoms with van der Waals surface area (Å²) < 4.78 is 4.59. The molecule has 1 aliphatic heterocycles. The van der Waals surface area contributed by atoms with Crippen LogP contribution in [0.3, 0.4) is 0 Å². The summed E-state index contributed by atoms with van der Waals surface area (Å²) in [7, 11) is 1.36. The van der Waals surface area contributed by atoms with Gasteiger partial charge < -0.3 is 20.7 Å². The zero-order valence-corrected chi connectivity index (χ0v) is 11.4. The van der Waals surface area contributed by atoms with Gasteiger partial charge in [-0.05, 0) is 18.6 Å². The number of thiocarbonyl (C=S) groups is 1. The standard InChI is InChI=1S/C12H16N4O2S/c1-18-12(17)15-9-3-5-16(7-9)10-6-8(11(13)19)2-4-14-10/h2,4,6,9H,3,5,7H2,1H3,(H2,13,19)(H,15,17). The summed E-state index contributed by atoms with van der Waals surface area (Å²) in [6.45, 7) is 1.52. The predicted molar refractivity (Wildman–Crippen MR) is 76.3 cm³/mol. The van der Waals surface area contributed by atoms with E-state index in [4.69, 9.17) is 18.0 Å². The molecule has 1 aromatic rings. The summed E-state index contributed by atoms with van der Waals surface area (Å²) in [5, 5.41) is 2.78. The average molecular weight is 280 g/mol. The molecule has 1 aromatic heterocycles. The van der Waals surface area contributed by atoms with Gasteiger partial charge in [0.1, 0.15) is 10.8 Å². The zero-order valence-electron chi connectivity index (χ0n) is 10.6. The summed E-state index contributed by atoms with van der Waals surface area (Å²) in [5.74, 6) is 0.819. The van der Waals surface area contributed by atoms with Gasteiger partial charge in [-0.1, -0.05) is 12.2 Å². The number of carbonyl (C=O) groups is 1. The van der Waals surface area contributed by atoms with Gasteiger partial charge in [-0.15, -0.1) is 0 Å². The summed E-state index contributed by atoms with van der Waals surface area (Å²) in [6, 6.07) is 3.72.